The average molecular weight is 488 g/mol. The topological polar surface area (TPSA) is 71.6 Å². The fraction of sp³-hybridized carbons (Fsp3) is 0.310. The Morgan fingerprint density at radius 1 is 1.03 bits per heavy atom. The van der Waals surface area contributed by atoms with Gasteiger partial charge in [-0.25, -0.2) is 4.39 Å². The van der Waals surface area contributed by atoms with Gasteiger partial charge in [-0.2, -0.15) is 4.98 Å². The summed E-state index contributed by atoms with van der Waals surface area (Å²) in [5.41, 5.74) is -0.214. The SMILES string of the molecule is CCC1CCN(Cc2nc(C(O)(c3ccccc3)c3ccccc3)no2)CC1Oc1cccc(F)c1. The number of aliphatic hydroxyl groups is 1. The van der Waals surface area contributed by atoms with Crippen LogP contribution in [0.4, 0.5) is 4.39 Å². The first kappa shape index (κ1) is 24.2. The van der Waals surface area contributed by atoms with Gasteiger partial charge >= 0.3 is 0 Å². The molecular formula is C29H30FN3O3. The van der Waals surface area contributed by atoms with E-state index in [-0.39, 0.29) is 17.7 Å². The first-order valence-corrected chi connectivity index (χ1v) is 12.4. The minimum Gasteiger partial charge on any atom is -0.489 e. The van der Waals surface area contributed by atoms with Crippen LogP contribution in [0.5, 0.6) is 5.75 Å². The number of ether oxygens (including phenoxy) is 1. The zero-order valence-corrected chi connectivity index (χ0v) is 20.3. The molecule has 1 fully saturated rings. The second-order valence-corrected chi connectivity index (χ2v) is 9.26. The molecule has 7 heteroatoms. The lowest BCUT2D eigenvalue weighted by atomic mass is 9.85. The lowest BCUT2D eigenvalue weighted by molar-refractivity contribution is 0.0299. The first-order valence-electron chi connectivity index (χ1n) is 12.4. The lowest BCUT2D eigenvalue weighted by Gasteiger charge is -2.37. The van der Waals surface area contributed by atoms with Gasteiger partial charge in [-0.15, -0.1) is 0 Å². The predicted octanol–water partition coefficient (Wildman–Crippen LogP) is 5.17. The number of benzene rings is 3. The van der Waals surface area contributed by atoms with Crippen LogP contribution in [0, 0.1) is 11.7 Å². The van der Waals surface area contributed by atoms with Crippen molar-refractivity contribution in [2.75, 3.05) is 13.1 Å². The molecule has 0 saturated carbocycles. The lowest BCUT2D eigenvalue weighted by Crippen LogP contribution is -2.46. The normalized spacial score (nSPS) is 18.8. The summed E-state index contributed by atoms with van der Waals surface area (Å²) in [6.45, 7) is 4.11. The molecule has 0 aliphatic carbocycles. The van der Waals surface area contributed by atoms with E-state index in [2.05, 4.69) is 22.0 Å². The number of rotatable bonds is 8. The Bertz CT molecular complexity index is 1230. The fourth-order valence-corrected chi connectivity index (χ4v) is 4.93. The summed E-state index contributed by atoms with van der Waals surface area (Å²) in [4.78, 5) is 6.84. The highest BCUT2D eigenvalue weighted by Gasteiger charge is 2.39. The number of likely N-dealkylation sites (tertiary alicyclic amines) is 1. The minimum atomic E-state index is -1.54. The van der Waals surface area contributed by atoms with Gasteiger partial charge in [0.1, 0.15) is 17.7 Å². The molecule has 3 aromatic carbocycles. The van der Waals surface area contributed by atoms with Crippen molar-refractivity contribution in [2.45, 2.75) is 38.0 Å². The van der Waals surface area contributed by atoms with E-state index in [0.717, 1.165) is 19.4 Å². The van der Waals surface area contributed by atoms with Crippen LogP contribution in [0.2, 0.25) is 0 Å². The maximum absolute atomic E-state index is 13.7. The highest BCUT2D eigenvalue weighted by atomic mass is 19.1. The Morgan fingerprint density at radius 2 is 1.72 bits per heavy atom. The second kappa shape index (κ2) is 10.6. The van der Waals surface area contributed by atoms with E-state index in [9.17, 15) is 9.50 Å². The minimum absolute atomic E-state index is 0.0708. The standard InChI is InChI=1S/C29H30FN3O3/c1-2-21-16-17-33(19-26(21)35-25-15-9-14-24(30)18-25)20-27-31-28(32-36-27)29(34,22-10-5-3-6-11-22)23-12-7-4-8-13-23/h3-15,18,21,26,34H,2,16-17,19-20H2,1H3. The Morgan fingerprint density at radius 3 is 2.36 bits per heavy atom. The fourth-order valence-electron chi connectivity index (χ4n) is 4.93. The highest BCUT2D eigenvalue weighted by Crippen LogP contribution is 2.35. The zero-order chi connectivity index (χ0) is 25.0. The van der Waals surface area contributed by atoms with Crippen LogP contribution in [-0.2, 0) is 12.1 Å². The van der Waals surface area contributed by atoms with E-state index in [1.807, 2.05) is 60.7 Å². The molecule has 1 aliphatic heterocycles. The molecule has 0 spiro atoms. The summed E-state index contributed by atoms with van der Waals surface area (Å²) in [6.07, 6.45) is 1.87. The molecule has 2 heterocycles. The molecule has 1 saturated heterocycles. The average Bonchev–Trinajstić information content (AvgIpc) is 3.38. The molecule has 0 bridgehead atoms. The van der Waals surface area contributed by atoms with Crippen molar-refractivity contribution in [3.8, 4) is 5.75 Å². The van der Waals surface area contributed by atoms with E-state index in [4.69, 9.17) is 9.26 Å². The zero-order valence-electron chi connectivity index (χ0n) is 20.3. The van der Waals surface area contributed by atoms with Crippen molar-refractivity contribution in [2.24, 2.45) is 5.92 Å². The molecule has 0 radical (unpaired) electrons. The number of piperidine rings is 1. The van der Waals surface area contributed by atoms with Crippen molar-refractivity contribution >= 4 is 0 Å². The molecule has 4 aromatic rings. The summed E-state index contributed by atoms with van der Waals surface area (Å²) in [7, 11) is 0. The van der Waals surface area contributed by atoms with Gasteiger partial charge in [0.2, 0.25) is 11.7 Å². The molecule has 2 atom stereocenters. The van der Waals surface area contributed by atoms with Gasteiger partial charge in [0, 0.05) is 12.6 Å². The largest absolute Gasteiger partial charge is 0.489 e. The Kier molecular flexibility index (Phi) is 7.11. The van der Waals surface area contributed by atoms with Crippen molar-refractivity contribution in [3.05, 3.63) is 114 Å². The van der Waals surface area contributed by atoms with E-state index >= 15 is 0 Å². The van der Waals surface area contributed by atoms with Gasteiger partial charge < -0.3 is 14.4 Å². The molecule has 5 rings (SSSR count). The monoisotopic (exact) mass is 487 g/mol. The molecule has 1 aliphatic rings. The maximum atomic E-state index is 13.7. The van der Waals surface area contributed by atoms with E-state index in [1.165, 1.54) is 12.1 Å². The molecule has 2 unspecified atom stereocenters. The third-order valence-electron chi connectivity index (χ3n) is 6.92. The van der Waals surface area contributed by atoms with Crippen molar-refractivity contribution < 1.29 is 18.8 Å². The third-order valence-corrected chi connectivity index (χ3v) is 6.92. The highest BCUT2D eigenvalue weighted by molar-refractivity contribution is 5.42. The summed E-state index contributed by atoms with van der Waals surface area (Å²) in [5, 5.41) is 16.1. The van der Waals surface area contributed by atoms with Crippen molar-refractivity contribution in [1.29, 1.82) is 0 Å². The van der Waals surface area contributed by atoms with Crippen LogP contribution in [0.25, 0.3) is 0 Å². The van der Waals surface area contributed by atoms with Gasteiger partial charge in [-0.3, -0.25) is 4.90 Å². The van der Waals surface area contributed by atoms with E-state index < -0.39 is 5.60 Å². The van der Waals surface area contributed by atoms with E-state index in [0.29, 0.717) is 41.8 Å². The summed E-state index contributed by atoms with van der Waals surface area (Å²) in [5.74, 6) is 1.23. The van der Waals surface area contributed by atoms with Crippen LogP contribution in [0.1, 0.15) is 42.6 Å². The maximum Gasteiger partial charge on any atom is 0.240 e. The number of hydrogen-bond acceptors (Lipinski definition) is 6. The molecular weight excluding hydrogens is 457 g/mol. The predicted molar refractivity (Wildman–Crippen MR) is 134 cm³/mol. The van der Waals surface area contributed by atoms with Crippen molar-refractivity contribution in [3.63, 3.8) is 0 Å². The number of halogens is 1. The van der Waals surface area contributed by atoms with Gasteiger partial charge in [-0.05, 0) is 48.6 Å². The van der Waals surface area contributed by atoms with Gasteiger partial charge in [-0.1, -0.05) is 78.8 Å². The number of nitrogens with zero attached hydrogens (tertiary/aromatic N) is 3. The van der Waals surface area contributed by atoms with Crippen molar-refractivity contribution in [1.82, 2.24) is 15.0 Å². The second-order valence-electron chi connectivity index (χ2n) is 9.26. The molecule has 36 heavy (non-hydrogen) atoms. The molecule has 0 amide bonds. The van der Waals surface area contributed by atoms with Crippen LogP contribution < -0.4 is 4.74 Å². The molecule has 1 N–H and O–H groups in total. The van der Waals surface area contributed by atoms with Crippen LogP contribution in [-0.4, -0.2) is 39.3 Å². The quantitative estimate of drug-likeness (QED) is 0.370. The van der Waals surface area contributed by atoms with Crippen LogP contribution >= 0.6 is 0 Å². The summed E-state index contributed by atoms with van der Waals surface area (Å²) < 4.78 is 25.5. The summed E-state index contributed by atoms with van der Waals surface area (Å²) >= 11 is 0. The van der Waals surface area contributed by atoms with Gasteiger partial charge in [0.05, 0.1) is 6.54 Å². The Balaban J connectivity index is 1.35. The van der Waals surface area contributed by atoms with Crippen LogP contribution in [0.3, 0.4) is 0 Å². The Labute approximate surface area is 210 Å². The molecule has 6 nitrogen and oxygen atoms in total. The van der Waals surface area contributed by atoms with Gasteiger partial charge in [0.25, 0.3) is 0 Å². The first-order chi connectivity index (χ1) is 17.6. The Hall–Kier alpha value is -3.55. The van der Waals surface area contributed by atoms with Crippen LogP contribution in [0.15, 0.2) is 89.5 Å². The summed E-state index contributed by atoms with van der Waals surface area (Å²) in [6, 6.07) is 25.0. The third kappa shape index (κ3) is 5.03. The molecule has 186 valence electrons. The smallest absolute Gasteiger partial charge is 0.240 e. The van der Waals surface area contributed by atoms with E-state index in [1.54, 1.807) is 12.1 Å². The molecule has 1 aromatic heterocycles. The van der Waals surface area contributed by atoms with Gasteiger partial charge in [0.15, 0.2) is 5.60 Å². The number of hydrogen-bond donors (Lipinski definition) is 1. The number of aromatic nitrogens is 2.